The monoisotopic (exact) mass is 422 g/mol. The van der Waals surface area contributed by atoms with Gasteiger partial charge in [0.05, 0.1) is 17.6 Å². The van der Waals surface area contributed by atoms with Crippen LogP contribution in [0.4, 0.5) is 4.39 Å². The molecule has 0 fully saturated rings. The van der Waals surface area contributed by atoms with E-state index in [4.69, 9.17) is 5.73 Å². The molecule has 156 valence electrons. The molecule has 2 aromatic carbocycles. The zero-order chi connectivity index (χ0) is 22.1. The lowest BCUT2D eigenvalue weighted by Crippen LogP contribution is -2.11. The lowest BCUT2D eigenvalue weighted by atomic mass is 10.0. The van der Waals surface area contributed by atoms with Crippen molar-refractivity contribution >= 4 is 11.6 Å². The molecule has 5 rings (SSSR count). The molecule has 3 heterocycles. The van der Waals surface area contributed by atoms with Crippen LogP contribution in [0, 0.1) is 5.82 Å². The average molecular weight is 422 g/mol. The molecule has 0 aliphatic heterocycles. The molecule has 5 aromatic rings. The minimum atomic E-state index is -0.438. The molecule has 5 nitrogen and oxygen atoms in total. The molecule has 2 N–H and O–H groups in total. The molecule has 0 aliphatic carbocycles. The number of amides is 1. The van der Waals surface area contributed by atoms with E-state index in [9.17, 15) is 9.18 Å². The number of nitrogens with two attached hydrogens (primary N) is 1. The van der Waals surface area contributed by atoms with Crippen LogP contribution >= 0.6 is 0 Å². The van der Waals surface area contributed by atoms with Crippen molar-refractivity contribution in [2.45, 2.75) is 6.42 Å². The van der Waals surface area contributed by atoms with Gasteiger partial charge in [0.1, 0.15) is 11.5 Å². The molecule has 1 amide bonds. The van der Waals surface area contributed by atoms with Crippen LogP contribution < -0.4 is 5.73 Å². The lowest BCUT2D eigenvalue weighted by molar-refractivity contribution is 0.1000. The van der Waals surface area contributed by atoms with Gasteiger partial charge in [0, 0.05) is 29.1 Å². The Morgan fingerprint density at radius 1 is 0.938 bits per heavy atom. The van der Waals surface area contributed by atoms with E-state index in [1.807, 2.05) is 53.1 Å². The number of benzene rings is 2. The molecule has 0 bridgehead atoms. The number of nitrogens with zero attached hydrogens (tertiary/aromatic N) is 3. The fourth-order valence-corrected chi connectivity index (χ4v) is 3.82. The first-order valence-corrected chi connectivity index (χ1v) is 10.1. The zero-order valence-corrected chi connectivity index (χ0v) is 17.1. The summed E-state index contributed by atoms with van der Waals surface area (Å²) < 4.78 is 16.2. The fraction of sp³-hybridized carbons (Fsp3) is 0.0385. The Balaban J connectivity index is 1.47. The summed E-state index contributed by atoms with van der Waals surface area (Å²) in [6.07, 6.45) is 6.10. The number of imidazole rings is 1. The second-order valence-electron chi connectivity index (χ2n) is 7.56. The maximum absolute atomic E-state index is 14.2. The normalized spacial score (nSPS) is 11.0. The number of rotatable bonds is 5. The number of halogens is 1. The predicted octanol–water partition coefficient (Wildman–Crippen LogP) is 4.89. The molecule has 0 aliphatic rings. The average Bonchev–Trinajstić information content (AvgIpc) is 3.23. The number of pyridine rings is 2. The van der Waals surface area contributed by atoms with Crippen LogP contribution in [0.2, 0.25) is 0 Å². The van der Waals surface area contributed by atoms with Gasteiger partial charge in [-0.1, -0.05) is 24.3 Å². The van der Waals surface area contributed by atoms with E-state index in [1.54, 1.807) is 36.7 Å². The third-order valence-corrected chi connectivity index (χ3v) is 5.40. The van der Waals surface area contributed by atoms with Gasteiger partial charge in [-0.25, -0.2) is 9.37 Å². The Bertz CT molecular complexity index is 1460. The first kappa shape index (κ1) is 19.6. The van der Waals surface area contributed by atoms with Crippen LogP contribution in [0.1, 0.15) is 21.5 Å². The third kappa shape index (κ3) is 3.74. The molecule has 3 aromatic heterocycles. The minimum absolute atomic E-state index is 0.305. The van der Waals surface area contributed by atoms with Crippen molar-refractivity contribution in [1.29, 1.82) is 0 Å². The lowest BCUT2D eigenvalue weighted by Gasteiger charge is -2.08. The Morgan fingerprint density at radius 3 is 2.62 bits per heavy atom. The van der Waals surface area contributed by atoms with E-state index in [2.05, 4.69) is 9.97 Å². The third-order valence-electron chi connectivity index (χ3n) is 5.40. The van der Waals surface area contributed by atoms with Crippen molar-refractivity contribution < 1.29 is 9.18 Å². The fourth-order valence-electron chi connectivity index (χ4n) is 3.82. The second-order valence-corrected chi connectivity index (χ2v) is 7.56. The van der Waals surface area contributed by atoms with Gasteiger partial charge in [0.15, 0.2) is 0 Å². The summed E-state index contributed by atoms with van der Waals surface area (Å²) in [5.41, 5.74) is 11.6. The van der Waals surface area contributed by atoms with Crippen molar-refractivity contribution in [2.24, 2.45) is 5.73 Å². The van der Waals surface area contributed by atoms with Gasteiger partial charge >= 0.3 is 0 Å². The molecule has 0 atom stereocenters. The quantitative estimate of drug-likeness (QED) is 0.438. The number of carbonyl (C=O) groups is 1. The highest BCUT2D eigenvalue weighted by molar-refractivity contribution is 5.92. The van der Waals surface area contributed by atoms with Gasteiger partial charge in [-0.2, -0.15) is 0 Å². The van der Waals surface area contributed by atoms with E-state index in [0.29, 0.717) is 23.2 Å². The smallest absolute Gasteiger partial charge is 0.248 e. The summed E-state index contributed by atoms with van der Waals surface area (Å²) in [6.45, 7) is 0. The summed E-state index contributed by atoms with van der Waals surface area (Å²) in [4.78, 5) is 20.3. The van der Waals surface area contributed by atoms with Crippen LogP contribution in [0.5, 0.6) is 0 Å². The van der Waals surface area contributed by atoms with E-state index in [0.717, 1.165) is 28.0 Å². The van der Waals surface area contributed by atoms with Gasteiger partial charge in [-0.15, -0.1) is 0 Å². The first-order valence-electron chi connectivity index (χ1n) is 10.1. The van der Waals surface area contributed by atoms with Crippen molar-refractivity contribution in [3.8, 4) is 22.5 Å². The van der Waals surface area contributed by atoms with Gasteiger partial charge in [-0.3, -0.25) is 14.2 Å². The Hall–Kier alpha value is -4.32. The standard InChI is InChI=1S/C26H19FN4O/c27-22-7-2-1-6-21(22)23-15-19(8-10-29-23)24-16-30-25-14-18(9-11-31(24)25)12-17-4-3-5-20(13-17)26(28)32/h1-11,13-16H,12H2,(H2,28,32). The molecule has 6 heteroatoms. The molecule has 32 heavy (non-hydrogen) atoms. The SMILES string of the molecule is NC(=O)c1cccc(Cc2ccn3c(-c4ccnc(-c5ccccc5F)c4)cnc3c2)c1. The van der Waals surface area contributed by atoms with Crippen molar-refractivity contribution in [2.75, 3.05) is 0 Å². The minimum Gasteiger partial charge on any atom is -0.366 e. The van der Waals surface area contributed by atoms with Gasteiger partial charge in [-0.05, 0) is 66.1 Å². The van der Waals surface area contributed by atoms with Crippen molar-refractivity contribution in [3.63, 3.8) is 0 Å². The Labute approximate surface area is 184 Å². The van der Waals surface area contributed by atoms with E-state index < -0.39 is 5.91 Å². The van der Waals surface area contributed by atoms with Crippen molar-refractivity contribution in [3.05, 3.63) is 114 Å². The molecule has 0 unspecified atom stereocenters. The predicted molar refractivity (Wildman–Crippen MR) is 122 cm³/mol. The van der Waals surface area contributed by atoms with Gasteiger partial charge in [0.2, 0.25) is 5.91 Å². The van der Waals surface area contributed by atoms with E-state index in [-0.39, 0.29) is 5.82 Å². The van der Waals surface area contributed by atoms with E-state index in [1.165, 1.54) is 6.07 Å². The molecule has 0 saturated heterocycles. The Morgan fingerprint density at radius 2 is 1.78 bits per heavy atom. The molecule has 0 radical (unpaired) electrons. The van der Waals surface area contributed by atoms with Crippen LogP contribution in [0.15, 0.2) is 91.4 Å². The number of hydrogen-bond acceptors (Lipinski definition) is 3. The van der Waals surface area contributed by atoms with E-state index >= 15 is 0 Å². The summed E-state index contributed by atoms with van der Waals surface area (Å²) >= 11 is 0. The number of hydrogen-bond donors (Lipinski definition) is 1. The topological polar surface area (TPSA) is 73.3 Å². The number of carbonyl (C=O) groups excluding carboxylic acids is 1. The largest absolute Gasteiger partial charge is 0.366 e. The van der Waals surface area contributed by atoms with Crippen LogP contribution in [-0.4, -0.2) is 20.3 Å². The highest BCUT2D eigenvalue weighted by Crippen LogP contribution is 2.27. The second kappa shape index (κ2) is 8.07. The Kier molecular flexibility index (Phi) is 4.95. The summed E-state index contributed by atoms with van der Waals surface area (Å²) in [5, 5.41) is 0. The van der Waals surface area contributed by atoms with Crippen LogP contribution in [-0.2, 0) is 6.42 Å². The maximum atomic E-state index is 14.2. The number of aromatic nitrogens is 3. The zero-order valence-electron chi connectivity index (χ0n) is 17.1. The van der Waals surface area contributed by atoms with Crippen LogP contribution in [0.25, 0.3) is 28.2 Å². The maximum Gasteiger partial charge on any atom is 0.248 e. The highest BCUT2D eigenvalue weighted by Gasteiger charge is 2.11. The van der Waals surface area contributed by atoms with Gasteiger partial charge in [0.25, 0.3) is 0 Å². The molecule has 0 spiro atoms. The van der Waals surface area contributed by atoms with Gasteiger partial charge < -0.3 is 5.73 Å². The highest BCUT2D eigenvalue weighted by atomic mass is 19.1. The van der Waals surface area contributed by atoms with Crippen molar-refractivity contribution in [1.82, 2.24) is 14.4 Å². The number of fused-ring (bicyclic) bond motifs is 1. The summed E-state index contributed by atoms with van der Waals surface area (Å²) in [5.74, 6) is -0.743. The first-order chi connectivity index (χ1) is 15.6. The molecule has 0 saturated carbocycles. The van der Waals surface area contributed by atoms with Crippen LogP contribution in [0.3, 0.4) is 0 Å². The molecular formula is C26H19FN4O. The summed E-state index contributed by atoms with van der Waals surface area (Å²) in [6, 6.07) is 21.7. The summed E-state index contributed by atoms with van der Waals surface area (Å²) in [7, 11) is 0. The number of primary amides is 1. The molecular weight excluding hydrogens is 403 g/mol.